The van der Waals surface area contributed by atoms with Crippen LogP contribution in [-0.2, 0) is 6.42 Å². The van der Waals surface area contributed by atoms with E-state index in [4.69, 9.17) is 5.73 Å². The lowest BCUT2D eigenvalue weighted by Crippen LogP contribution is -2.06. The van der Waals surface area contributed by atoms with E-state index in [0.717, 1.165) is 25.2 Å². The molecule has 3 nitrogen and oxygen atoms in total. The van der Waals surface area contributed by atoms with Crippen molar-refractivity contribution >= 4 is 0 Å². The fraction of sp³-hybridized carbons (Fsp3) is 0.667. The summed E-state index contributed by atoms with van der Waals surface area (Å²) in [7, 11) is 0. The molecule has 15 heavy (non-hydrogen) atoms. The van der Waals surface area contributed by atoms with Gasteiger partial charge in [0.2, 0.25) is 0 Å². The van der Waals surface area contributed by atoms with E-state index in [2.05, 4.69) is 23.8 Å². The molecule has 3 heteroatoms. The zero-order chi connectivity index (χ0) is 10.8. The summed E-state index contributed by atoms with van der Waals surface area (Å²) in [6, 6.07) is 0. The first kappa shape index (κ1) is 10.6. The molecule has 0 saturated heterocycles. The molecular formula is C12H19N3. The van der Waals surface area contributed by atoms with E-state index in [1.165, 1.54) is 17.7 Å². The van der Waals surface area contributed by atoms with Crippen LogP contribution >= 0.6 is 0 Å². The van der Waals surface area contributed by atoms with Crippen molar-refractivity contribution in [2.75, 3.05) is 6.54 Å². The van der Waals surface area contributed by atoms with Gasteiger partial charge >= 0.3 is 0 Å². The van der Waals surface area contributed by atoms with Crippen molar-refractivity contribution in [1.82, 2.24) is 9.97 Å². The van der Waals surface area contributed by atoms with E-state index in [9.17, 15) is 0 Å². The molecule has 2 N–H and O–H groups in total. The summed E-state index contributed by atoms with van der Waals surface area (Å²) in [5.74, 6) is 2.00. The molecule has 0 aromatic carbocycles. The topological polar surface area (TPSA) is 51.8 Å². The SMILES string of the molecule is CC(C)c1ncc2c(n1)CCC2CCN. The first-order valence-corrected chi connectivity index (χ1v) is 5.78. The van der Waals surface area contributed by atoms with E-state index < -0.39 is 0 Å². The lowest BCUT2D eigenvalue weighted by atomic mass is 10.0. The Morgan fingerprint density at radius 3 is 3.00 bits per heavy atom. The van der Waals surface area contributed by atoms with Crippen LogP contribution in [0.1, 0.15) is 55.6 Å². The van der Waals surface area contributed by atoms with Gasteiger partial charge < -0.3 is 5.73 Å². The first-order valence-electron chi connectivity index (χ1n) is 5.78. The van der Waals surface area contributed by atoms with Crippen molar-refractivity contribution in [2.24, 2.45) is 5.73 Å². The number of fused-ring (bicyclic) bond motifs is 1. The monoisotopic (exact) mass is 205 g/mol. The van der Waals surface area contributed by atoms with Crippen LogP contribution in [0.25, 0.3) is 0 Å². The number of nitrogens with two attached hydrogens (primary N) is 1. The Bertz CT molecular complexity index is 347. The Balaban J connectivity index is 2.25. The van der Waals surface area contributed by atoms with Crippen LogP contribution in [0.2, 0.25) is 0 Å². The van der Waals surface area contributed by atoms with Gasteiger partial charge in [-0.2, -0.15) is 0 Å². The average Bonchev–Trinajstić information content (AvgIpc) is 2.61. The van der Waals surface area contributed by atoms with Gasteiger partial charge in [0.05, 0.1) is 0 Å². The minimum Gasteiger partial charge on any atom is -0.330 e. The van der Waals surface area contributed by atoms with Gasteiger partial charge in [-0.25, -0.2) is 9.97 Å². The highest BCUT2D eigenvalue weighted by Crippen LogP contribution is 2.33. The van der Waals surface area contributed by atoms with E-state index in [-0.39, 0.29) is 0 Å². The Kier molecular flexibility index (Phi) is 3.00. The molecule has 82 valence electrons. The summed E-state index contributed by atoms with van der Waals surface area (Å²) in [5.41, 5.74) is 8.20. The van der Waals surface area contributed by atoms with Crippen molar-refractivity contribution < 1.29 is 0 Å². The number of hydrogen-bond acceptors (Lipinski definition) is 3. The zero-order valence-electron chi connectivity index (χ0n) is 9.53. The largest absolute Gasteiger partial charge is 0.330 e. The maximum Gasteiger partial charge on any atom is 0.131 e. The summed E-state index contributed by atoms with van der Waals surface area (Å²) in [6.07, 6.45) is 5.38. The van der Waals surface area contributed by atoms with Crippen LogP contribution in [0.3, 0.4) is 0 Å². The molecule has 1 unspecified atom stereocenters. The van der Waals surface area contributed by atoms with Crippen molar-refractivity contribution in [3.63, 3.8) is 0 Å². The molecule has 2 rings (SSSR count). The Hall–Kier alpha value is -0.960. The van der Waals surface area contributed by atoms with Gasteiger partial charge in [-0.05, 0) is 37.3 Å². The summed E-state index contributed by atoms with van der Waals surface area (Å²) in [6.45, 7) is 5.03. The van der Waals surface area contributed by atoms with Crippen molar-refractivity contribution in [3.05, 3.63) is 23.3 Å². The highest BCUT2D eigenvalue weighted by atomic mass is 14.9. The zero-order valence-corrected chi connectivity index (χ0v) is 9.53. The third-order valence-electron chi connectivity index (χ3n) is 3.12. The standard InChI is InChI=1S/C12H19N3/c1-8(2)12-14-7-10-9(5-6-13)3-4-11(10)15-12/h7-9H,3-6,13H2,1-2H3. The number of nitrogens with zero attached hydrogens (tertiary/aromatic N) is 2. The predicted octanol–water partition coefficient (Wildman–Crippen LogP) is 1.98. The fourth-order valence-electron chi connectivity index (χ4n) is 2.23. The summed E-state index contributed by atoms with van der Waals surface area (Å²) in [4.78, 5) is 9.06. The van der Waals surface area contributed by atoms with E-state index in [0.29, 0.717) is 11.8 Å². The van der Waals surface area contributed by atoms with Gasteiger partial charge in [-0.15, -0.1) is 0 Å². The number of rotatable bonds is 3. The minimum absolute atomic E-state index is 0.420. The Morgan fingerprint density at radius 2 is 2.33 bits per heavy atom. The van der Waals surface area contributed by atoms with E-state index in [1.54, 1.807) is 0 Å². The maximum absolute atomic E-state index is 5.60. The van der Waals surface area contributed by atoms with Crippen molar-refractivity contribution in [1.29, 1.82) is 0 Å². The summed E-state index contributed by atoms with van der Waals surface area (Å²) >= 11 is 0. The van der Waals surface area contributed by atoms with Gasteiger partial charge in [-0.3, -0.25) is 0 Å². The third kappa shape index (κ3) is 2.02. The molecule has 0 spiro atoms. The van der Waals surface area contributed by atoms with Gasteiger partial charge in [0.15, 0.2) is 0 Å². The number of hydrogen-bond donors (Lipinski definition) is 1. The molecule has 1 heterocycles. The fourth-order valence-corrected chi connectivity index (χ4v) is 2.23. The quantitative estimate of drug-likeness (QED) is 0.821. The van der Waals surface area contributed by atoms with Crippen molar-refractivity contribution in [3.8, 4) is 0 Å². The second kappa shape index (κ2) is 4.27. The molecule has 0 aliphatic heterocycles. The molecule has 1 aliphatic carbocycles. The normalized spacial score (nSPS) is 19.6. The van der Waals surface area contributed by atoms with Gasteiger partial charge in [0, 0.05) is 17.8 Å². The second-order valence-electron chi connectivity index (χ2n) is 4.60. The summed E-state index contributed by atoms with van der Waals surface area (Å²) < 4.78 is 0. The molecule has 1 aromatic heterocycles. The minimum atomic E-state index is 0.420. The van der Waals surface area contributed by atoms with Crippen LogP contribution in [0, 0.1) is 0 Å². The molecular weight excluding hydrogens is 186 g/mol. The lowest BCUT2D eigenvalue weighted by molar-refractivity contribution is 0.626. The molecule has 1 aliphatic rings. The van der Waals surface area contributed by atoms with Crippen LogP contribution < -0.4 is 5.73 Å². The van der Waals surface area contributed by atoms with Gasteiger partial charge in [0.25, 0.3) is 0 Å². The predicted molar refractivity (Wildman–Crippen MR) is 60.9 cm³/mol. The molecule has 1 atom stereocenters. The van der Waals surface area contributed by atoms with Crippen LogP contribution in [0.15, 0.2) is 6.20 Å². The first-order chi connectivity index (χ1) is 7.22. The third-order valence-corrected chi connectivity index (χ3v) is 3.12. The Labute approximate surface area is 91.1 Å². The van der Waals surface area contributed by atoms with Crippen LogP contribution in [0.4, 0.5) is 0 Å². The van der Waals surface area contributed by atoms with Gasteiger partial charge in [0.1, 0.15) is 5.82 Å². The molecule has 0 amide bonds. The lowest BCUT2D eigenvalue weighted by Gasteiger charge is -2.10. The van der Waals surface area contributed by atoms with Crippen LogP contribution in [0.5, 0.6) is 0 Å². The van der Waals surface area contributed by atoms with Gasteiger partial charge in [-0.1, -0.05) is 13.8 Å². The molecule has 1 aromatic rings. The second-order valence-corrected chi connectivity index (χ2v) is 4.60. The Morgan fingerprint density at radius 1 is 1.53 bits per heavy atom. The smallest absolute Gasteiger partial charge is 0.131 e. The molecule has 0 saturated carbocycles. The van der Waals surface area contributed by atoms with E-state index in [1.807, 2.05) is 6.20 Å². The average molecular weight is 205 g/mol. The molecule has 0 fully saturated rings. The molecule has 0 radical (unpaired) electrons. The number of aromatic nitrogens is 2. The maximum atomic E-state index is 5.60. The number of aryl methyl sites for hydroxylation is 1. The summed E-state index contributed by atoms with van der Waals surface area (Å²) in [5, 5.41) is 0. The highest BCUT2D eigenvalue weighted by molar-refractivity contribution is 5.28. The van der Waals surface area contributed by atoms with Crippen LogP contribution in [-0.4, -0.2) is 16.5 Å². The van der Waals surface area contributed by atoms with Crippen molar-refractivity contribution in [2.45, 2.75) is 44.9 Å². The van der Waals surface area contributed by atoms with E-state index >= 15 is 0 Å². The highest BCUT2D eigenvalue weighted by Gasteiger charge is 2.24. The molecule has 0 bridgehead atoms.